The smallest absolute Gasteiger partial charge is 0.264 e. The van der Waals surface area contributed by atoms with Crippen LogP contribution in [0.25, 0.3) is 0 Å². The molecule has 224 valence electrons. The number of hydrogen-bond acceptors (Lipinski definition) is 4. The highest BCUT2D eigenvalue weighted by Crippen LogP contribution is 2.29. The van der Waals surface area contributed by atoms with Crippen LogP contribution in [0.15, 0.2) is 102 Å². The van der Waals surface area contributed by atoms with E-state index in [1.807, 2.05) is 94.4 Å². The molecule has 0 radical (unpaired) electrons. The second-order valence-corrected chi connectivity index (χ2v) is 12.7. The molecule has 0 fully saturated rings. The van der Waals surface area contributed by atoms with E-state index in [2.05, 4.69) is 5.32 Å². The second-order valence-electron chi connectivity index (χ2n) is 10.9. The van der Waals surface area contributed by atoms with Crippen LogP contribution in [-0.4, -0.2) is 44.8 Å². The van der Waals surface area contributed by atoms with E-state index >= 15 is 0 Å². The SMILES string of the molecule is CNC(=O)[C@H](Cc1ccccc1)N(Cc1ccccc1C)C(=O)CN(c1cc(C)ccc1C)S(=O)(=O)c1ccc(C)cc1. The molecule has 4 rings (SSSR count). The lowest BCUT2D eigenvalue weighted by Crippen LogP contribution is -2.53. The molecule has 4 aromatic carbocycles. The van der Waals surface area contributed by atoms with Gasteiger partial charge >= 0.3 is 0 Å². The van der Waals surface area contributed by atoms with Crippen LogP contribution in [-0.2, 0) is 32.6 Å². The first kappa shape index (κ1) is 31.5. The Balaban J connectivity index is 1.83. The van der Waals surface area contributed by atoms with E-state index in [-0.39, 0.29) is 23.8 Å². The lowest BCUT2D eigenvalue weighted by Gasteiger charge is -2.34. The summed E-state index contributed by atoms with van der Waals surface area (Å²) in [6.07, 6.45) is 0.270. The van der Waals surface area contributed by atoms with Crippen LogP contribution in [0.4, 0.5) is 5.69 Å². The third-order valence-electron chi connectivity index (χ3n) is 7.64. The molecule has 0 bridgehead atoms. The van der Waals surface area contributed by atoms with Gasteiger partial charge in [0.1, 0.15) is 12.6 Å². The molecule has 43 heavy (non-hydrogen) atoms. The molecular weight excluding hydrogens is 558 g/mol. The van der Waals surface area contributed by atoms with Gasteiger partial charge in [0.2, 0.25) is 11.8 Å². The van der Waals surface area contributed by atoms with E-state index in [0.717, 1.165) is 27.8 Å². The average molecular weight is 598 g/mol. The molecule has 0 unspecified atom stereocenters. The fraction of sp³-hybridized carbons (Fsp3) is 0.257. The Labute approximate surface area is 255 Å². The van der Waals surface area contributed by atoms with Gasteiger partial charge in [0, 0.05) is 20.0 Å². The van der Waals surface area contributed by atoms with Crippen molar-refractivity contribution in [3.63, 3.8) is 0 Å². The summed E-state index contributed by atoms with van der Waals surface area (Å²) < 4.78 is 29.6. The third kappa shape index (κ3) is 7.51. The van der Waals surface area contributed by atoms with Crippen molar-refractivity contribution < 1.29 is 18.0 Å². The molecule has 0 spiro atoms. The molecule has 8 heteroatoms. The molecule has 2 amide bonds. The van der Waals surface area contributed by atoms with Crippen LogP contribution < -0.4 is 9.62 Å². The van der Waals surface area contributed by atoms with E-state index in [0.29, 0.717) is 11.3 Å². The van der Waals surface area contributed by atoms with E-state index in [1.54, 1.807) is 37.4 Å². The quantitative estimate of drug-likeness (QED) is 0.247. The van der Waals surface area contributed by atoms with Crippen LogP contribution in [0.2, 0.25) is 0 Å². The Morgan fingerprint density at radius 2 is 1.40 bits per heavy atom. The van der Waals surface area contributed by atoms with Gasteiger partial charge in [-0.05, 0) is 73.7 Å². The average Bonchev–Trinajstić information content (AvgIpc) is 3.00. The summed E-state index contributed by atoms with van der Waals surface area (Å²) >= 11 is 0. The van der Waals surface area contributed by atoms with E-state index in [4.69, 9.17) is 0 Å². The fourth-order valence-electron chi connectivity index (χ4n) is 5.03. The molecule has 0 aliphatic carbocycles. The summed E-state index contributed by atoms with van der Waals surface area (Å²) in [5, 5.41) is 2.72. The van der Waals surface area contributed by atoms with Crippen molar-refractivity contribution in [3.8, 4) is 0 Å². The van der Waals surface area contributed by atoms with Gasteiger partial charge in [0.25, 0.3) is 10.0 Å². The number of anilines is 1. The number of amides is 2. The Kier molecular flexibility index (Phi) is 10.0. The largest absolute Gasteiger partial charge is 0.357 e. The fourth-order valence-corrected chi connectivity index (χ4v) is 6.50. The lowest BCUT2D eigenvalue weighted by molar-refractivity contribution is -0.139. The number of benzene rings is 4. The standard InChI is InChI=1S/C35H39N3O4S/c1-25-16-19-31(20-17-25)43(41,42)38(32-21-26(2)15-18-28(32)4)24-34(39)37(23-30-14-10-9-11-27(30)3)33(35(40)36-5)22-29-12-7-6-8-13-29/h6-21,33H,22-24H2,1-5H3,(H,36,40)/t33-/m0/s1. The summed E-state index contributed by atoms with van der Waals surface area (Å²) in [4.78, 5) is 29.5. The van der Waals surface area contributed by atoms with Crippen molar-refractivity contribution in [3.05, 3.63) is 130 Å². The highest BCUT2D eigenvalue weighted by atomic mass is 32.2. The summed E-state index contributed by atoms with van der Waals surface area (Å²) in [7, 11) is -2.60. The van der Waals surface area contributed by atoms with Crippen molar-refractivity contribution >= 4 is 27.5 Å². The van der Waals surface area contributed by atoms with Crippen LogP contribution in [0.3, 0.4) is 0 Å². The first-order chi connectivity index (χ1) is 20.5. The number of aryl methyl sites for hydroxylation is 4. The minimum absolute atomic E-state index is 0.0874. The van der Waals surface area contributed by atoms with Crippen LogP contribution in [0.1, 0.15) is 33.4 Å². The Bertz CT molecular complexity index is 1690. The Hall–Kier alpha value is -4.43. The van der Waals surface area contributed by atoms with Crippen molar-refractivity contribution in [2.45, 2.75) is 51.6 Å². The molecule has 0 aliphatic rings. The van der Waals surface area contributed by atoms with Crippen LogP contribution in [0, 0.1) is 27.7 Å². The van der Waals surface area contributed by atoms with Crippen molar-refractivity contribution in [1.29, 1.82) is 0 Å². The molecule has 1 N–H and O–H groups in total. The van der Waals surface area contributed by atoms with Gasteiger partial charge in [-0.2, -0.15) is 0 Å². The first-order valence-electron chi connectivity index (χ1n) is 14.3. The first-order valence-corrected chi connectivity index (χ1v) is 15.7. The minimum Gasteiger partial charge on any atom is -0.357 e. The van der Waals surface area contributed by atoms with E-state index in [1.165, 1.54) is 9.21 Å². The van der Waals surface area contributed by atoms with Crippen LogP contribution >= 0.6 is 0 Å². The zero-order valence-electron chi connectivity index (χ0n) is 25.4. The number of carbonyl (C=O) groups excluding carboxylic acids is 2. The third-order valence-corrected chi connectivity index (χ3v) is 9.41. The maximum absolute atomic E-state index is 14.5. The number of nitrogens with zero attached hydrogens (tertiary/aromatic N) is 2. The number of carbonyl (C=O) groups is 2. The van der Waals surface area contributed by atoms with Crippen molar-refractivity contribution in [2.24, 2.45) is 0 Å². The Morgan fingerprint density at radius 3 is 2.05 bits per heavy atom. The van der Waals surface area contributed by atoms with Crippen molar-refractivity contribution in [2.75, 3.05) is 17.9 Å². The maximum atomic E-state index is 14.5. The van der Waals surface area contributed by atoms with Crippen molar-refractivity contribution in [1.82, 2.24) is 10.2 Å². The van der Waals surface area contributed by atoms with E-state index in [9.17, 15) is 18.0 Å². The second kappa shape index (κ2) is 13.7. The number of hydrogen-bond donors (Lipinski definition) is 1. The monoisotopic (exact) mass is 597 g/mol. The molecule has 0 aromatic heterocycles. The number of rotatable bonds is 11. The summed E-state index contributed by atoms with van der Waals surface area (Å²) in [6.45, 7) is 7.21. The summed E-state index contributed by atoms with van der Waals surface area (Å²) in [5.41, 5.74) is 5.65. The molecule has 0 saturated carbocycles. The molecule has 0 aliphatic heterocycles. The minimum atomic E-state index is -4.14. The zero-order valence-corrected chi connectivity index (χ0v) is 26.2. The lowest BCUT2D eigenvalue weighted by atomic mass is 10.0. The highest BCUT2D eigenvalue weighted by molar-refractivity contribution is 7.92. The molecule has 4 aromatic rings. The van der Waals surface area contributed by atoms with Gasteiger partial charge in [-0.15, -0.1) is 0 Å². The van der Waals surface area contributed by atoms with Crippen LogP contribution in [0.5, 0.6) is 0 Å². The van der Waals surface area contributed by atoms with Gasteiger partial charge in [0.05, 0.1) is 10.6 Å². The molecular formula is C35H39N3O4S. The van der Waals surface area contributed by atoms with Gasteiger partial charge < -0.3 is 10.2 Å². The van der Waals surface area contributed by atoms with Gasteiger partial charge in [-0.25, -0.2) is 8.42 Å². The highest BCUT2D eigenvalue weighted by Gasteiger charge is 2.35. The van der Waals surface area contributed by atoms with Gasteiger partial charge in [-0.3, -0.25) is 13.9 Å². The topological polar surface area (TPSA) is 86.8 Å². The molecule has 7 nitrogen and oxygen atoms in total. The number of sulfonamides is 1. The Morgan fingerprint density at radius 1 is 0.767 bits per heavy atom. The summed E-state index contributed by atoms with van der Waals surface area (Å²) in [6, 6.07) is 28.4. The molecule has 0 saturated heterocycles. The predicted molar refractivity (Wildman–Crippen MR) is 171 cm³/mol. The normalized spacial score (nSPS) is 11.9. The predicted octanol–water partition coefficient (Wildman–Crippen LogP) is 5.50. The maximum Gasteiger partial charge on any atom is 0.264 e. The zero-order chi connectivity index (χ0) is 31.1. The van der Waals surface area contributed by atoms with E-state index < -0.39 is 28.5 Å². The molecule has 1 atom stereocenters. The number of likely N-dealkylation sites (N-methyl/N-ethyl adjacent to an activating group) is 1. The molecule has 0 heterocycles. The summed E-state index contributed by atoms with van der Waals surface area (Å²) in [5.74, 6) is -0.810. The number of nitrogens with one attached hydrogen (secondary N) is 1. The van der Waals surface area contributed by atoms with Gasteiger partial charge in [0.15, 0.2) is 0 Å². The van der Waals surface area contributed by atoms with Gasteiger partial charge in [-0.1, -0.05) is 84.4 Å².